The fourth-order valence-electron chi connectivity index (χ4n) is 1.35. The summed E-state index contributed by atoms with van der Waals surface area (Å²) in [6.45, 7) is 6.74. The lowest BCUT2D eigenvalue weighted by Crippen LogP contribution is -2.15. The van der Waals surface area contributed by atoms with Gasteiger partial charge in [-0.15, -0.1) is 47.0 Å². The van der Waals surface area contributed by atoms with Gasteiger partial charge in [0.1, 0.15) is 3.41 Å². The van der Waals surface area contributed by atoms with E-state index >= 15 is 0 Å². The first-order chi connectivity index (χ1) is 8.99. The summed E-state index contributed by atoms with van der Waals surface area (Å²) in [5.74, 6) is 4.14. The lowest BCUT2D eigenvalue weighted by Gasteiger charge is -2.30. The smallest absolute Gasteiger partial charge is 0.103 e. The standard InChI is InChI=1S/C12H26S7/c1-4-10(16-8-6-13)18-12(3,15)19-11(5-2)17-9-7-14/h10-11,13-15H,4-9H2,1-3H3. The van der Waals surface area contributed by atoms with Crippen LogP contribution in [-0.4, -0.2) is 35.6 Å². The quantitative estimate of drug-likeness (QED) is 0.280. The van der Waals surface area contributed by atoms with Crippen LogP contribution in [0.5, 0.6) is 0 Å². The molecule has 0 radical (unpaired) electrons. The molecule has 0 spiro atoms. The van der Waals surface area contributed by atoms with Crippen LogP contribution >= 0.6 is 84.9 Å². The van der Waals surface area contributed by atoms with E-state index in [0.29, 0.717) is 9.16 Å². The Hall–Kier alpha value is 2.45. The molecule has 0 saturated heterocycles. The highest BCUT2D eigenvalue weighted by molar-refractivity contribution is 8.35. The summed E-state index contributed by atoms with van der Waals surface area (Å²) >= 11 is 21.4. The van der Waals surface area contributed by atoms with Gasteiger partial charge in [0, 0.05) is 11.5 Å². The van der Waals surface area contributed by atoms with Crippen LogP contribution in [0.25, 0.3) is 0 Å². The Morgan fingerprint density at radius 1 is 0.895 bits per heavy atom. The molecular weight excluding hydrogens is 369 g/mol. The minimum Gasteiger partial charge on any atom is -0.179 e. The van der Waals surface area contributed by atoms with Crippen molar-refractivity contribution < 1.29 is 0 Å². The zero-order chi connectivity index (χ0) is 14.7. The summed E-state index contributed by atoms with van der Waals surface area (Å²) in [5.41, 5.74) is 0. The van der Waals surface area contributed by atoms with Crippen LogP contribution < -0.4 is 0 Å². The lowest BCUT2D eigenvalue weighted by molar-refractivity contribution is 1.04. The fourth-order valence-corrected chi connectivity index (χ4v) is 9.26. The van der Waals surface area contributed by atoms with Gasteiger partial charge in [-0.1, -0.05) is 13.8 Å². The molecule has 2 atom stereocenters. The van der Waals surface area contributed by atoms with Gasteiger partial charge in [0.15, 0.2) is 0 Å². The summed E-state index contributed by atoms with van der Waals surface area (Å²) in [4.78, 5) is 0. The molecule has 0 heterocycles. The second-order valence-corrected chi connectivity index (χ2v) is 13.1. The maximum absolute atomic E-state index is 4.88. The molecule has 0 aromatic rings. The number of hydrogen-bond acceptors (Lipinski definition) is 7. The highest BCUT2D eigenvalue weighted by Gasteiger charge is 2.28. The Bertz CT molecular complexity index is 190. The molecule has 2 unspecified atom stereocenters. The van der Waals surface area contributed by atoms with Crippen LogP contribution in [0.2, 0.25) is 0 Å². The maximum atomic E-state index is 4.88. The minimum atomic E-state index is -0.0193. The van der Waals surface area contributed by atoms with E-state index in [1.165, 1.54) is 12.8 Å². The minimum absolute atomic E-state index is 0.0193. The Labute approximate surface area is 153 Å². The Balaban J connectivity index is 4.24. The summed E-state index contributed by atoms with van der Waals surface area (Å²) < 4.78 is 1.22. The van der Waals surface area contributed by atoms with Crippen molar-refractivity contribution in [3.63, 3.8) is 0 Å². The largest absolute Gasteiger partial charge is 0.179 e. The number of thiol groups is 3. The maximum Gasteiger partial charge on any atom is 0.103 e. The molecule has 0 aromatic carbocycles. The first kappa shape index (κ1) is 21.4. The van der Waals surface area contributed by atoms with Gasteiger partial charge in [-0.25, -0.2) is 0 Å². The van der Waals surface area contributed by atoms with Crippen molar-refractivity contribution in [1.29, 1.82) is 0 Å². The van der Waals surface area contributed by atoms with Crippen molar-refractivity contribution in [2.45, 2.75) is 46.2 Å². The molecule has 0 bridgehead atoms. The van der Waals surface area contributed by atoms with E-state index in [1.807, 2.05) is 47.0 Å². The average molecular weight is 395 g/mol. The van der Waals surface area contributed by atoms with E-state index in [0.717, 1.165) is 23.0 Å². The van der Waals surface area contributed by atoms with Crippen molar-refractivity contribution in [2.24, 2.45) is 0 Å². The van der Waals surface area contributed by atoms with Crippen molar-refractivity contribution in [1.82, 2.24) is 0 Å². The van der Waals surface area contributed by atoms with Crippen LogP contribution in [0.15, 0.2) is 0 Å². The zero-order valence-electron chi connectivity index (χ0n) is 11.9. The second-order valence-electron chi connectivity index (χ2n) is 4.00. The normalized spacial score (nSPS) is 18.0. The summed E-state index contributed by atoms with van der Waals surface area (Å²) in [7, 11) is 0. The molecule has 0 aliphatic heterocycles. The molecule has 19 heavy (non-hydrogen) atoms. The van der Waals surface area contributed by atoms with Gasteiger partial charge >= 0.3 is 0 Å². The van der Waals surface area contributed by atoms with Crippen LogP contribution in [0, 0.1) is 0 Å². The van der Waals surface area contributed by atoms with Crippen molar-refractivity contribution in [2.75, 3.05) is 23.0 Å². The van der Waals surface area contributed by atoms with Crippen molar-refractivity contribution in [3.05, 3.63) is 0 Å². The molecule has 0 aliphatic carbocycles. The molecule has 116 valence electrons. The number of thioether (sulfide) groups is 4. The second kappa shape index (κ2) is 12.9. The van der Waals surface area contributed by atoms with Crippen LogP contribution in [0.3, 0.4) is 0 Å². The topological polar surface area (TPSA) is 0 Å². The van der Waals surface area contributed by atoms with E-state index in [9.17, 15) is 0 Å². The van der Waals surface area contributed by atoms with Crippen LogP contribution in [-0.2, 0) is 0 Å². The molecule has 0 amide bonds. The molecule has 0 rings (SSSR count). The third-order valence-electron chi connectivity index (χ3n) is 2.16. The average Bonchev–Trinajstić information content (AvgIpc) is 2.39. The van der Waals surface area contributed by atoms with Crippen LogP contribution in [0.1, 0.15) is 33.6 Å². The predicted molar refractivity (Wildman–Crippen MR) is 113 cm³/mol. The summed E-state index contributed by atoms with van der Waals surface area (Å²) in [6, 6.07) is 0. The van der Waals surface area contributed by atoms with Crippen molar-refractivity contribution >= 4 is 84.9 Å². The fraction of sp³-hybridized carbons (Fsp3) is 1.00. The third-order valence-corrected chi connectivity index (χ3v) is 10.2. The van der Waals surface area contributed by atoms with Gasteiger partial charge in [-0.05, 0) is 31.3 Å². The number of hydrogen-bond donors (Lipinski definition) is 3. The Morgan fingerprint density at radius 2 is 1.26 bits per heavy atom. The molecular formula is C12H26S7. The Kier molecular flexibility index (Phi) is 14.6. The van der Waals surface area contributed by atoms with E-state index in [4.69, 9.17) is 12.6 Å². The summed E-state index contributed by atoms with van der Waals surface area (Å²) in [6.07, 6.45) is 2.36. The first-order valence-corrected chi connectivity index (χ1v) is 12.1. The molecule has 7 heteroatoms. The van der Waals surface area contributed by atoms with Gasteiger partial charge in [0.2, 0.25) is 0 Å². The SMILES string of the molecule is CCC(SCCS)SC(C)(S)SC(CC)SCCS. The van der Waals surface area contributed by atoms with Crippen LogP contribution in [0.4, 0.5) is 0 Å². The zero-order valence-corrected chi connectivity index (χ0v) is 17.8. The van der Waals surface area contributed by atoms with E-state index < -0.39 is 0 Å². The molecule has 0 fully saturated rings. The van der Waals surface area contributed by atoms with Gasteiger partial charge < -0.3 is 0 Å². The molecule has 0 saturated carbocycles. The Morgan fingerprint density at radius 3 is 1.53 bits per heavy atom. The van der Waals surface area contributed by atoms with Crippen molar-refractivity contribution in [3.8, 4) is 0 Å². The highest BCUT2D eigenvalue weighted by atomic mass is 32.3. The molecule has 0 nitrogen and oxygen atoms in total. The lowest BCUT2D eigenvalue weighted by atomic mass is 10.6. The van der Waals surface area contributed by atoms with E-state index in [-0.39, 0.29) is 3.41 Å². The summed E-state index contributed by atoms with van der Waals surface area (Å²) in [5, 5.41) is 0. The predicted octanol–water partition coefficient (Wildman–Crippen LogP) is 5.85. The van der Waals surface area contributed by atoms with E-state index in [1.54, 1.807) is 0 Å². The van der Waals surface area contributed by atoms with Gasteiger partial charge in [0.05, 0.1) is 9.16 Å². The molecule has 0 aliphatic rings. The first-order valence-electron chi connectivity index (χ1n) is 6.52. The third kappa shape index (κ3) is 11.6. The number of rotatable bonds is 12. The van der Waals surface area contributed by atoms with Gasteiger partial charge in [-0.3, -0.25) is 0 Å². The molecule has 0 aromatic heterocycles. The highest BCUT2D eigenvalue weighted by Crippen LogP contribution is 2.50. The monoisotopic (exact) mass is 394 g/mol. The van der Waals surface area contributed by atoms with Gasteiger partial charge in [-0.2, -0.15) is 37.9 Å². The molecule has 0 N–H and O–H groups in total. The van der Waals surface area contributed by atoms with Gasteiger partial charge in [0.25, 0.3) is 0 Å². The van der Waals surface area contributed by atoms with E-state index in [2.05, 4.69) is 46.0 Å².